The van der Waals surface area contributed by atoms with Crippen molar-refractivity contribution in [3.8, 4) is 5.75 Å². The molecule has 1 fully saturated rings. The standard InChI is InChI=1S/C13H19BrN2O2/c1-17-13-3-2-11(10-12(13)14)15-4-5-16-6-8-18-9-7-16/h2-3,10,15H,4-9H2,1H3. The Morgan fingerprint density at radius 2 is 2.17 bits per heavy atom. The number of halogens is 1. The summed E-state index contributed by atoms with van der Waals surface area (Å²) in [5.41, 5.74) is 1.11. The van der Waals surface area contributed by atoms with Crippen molar-refractivity contribution in [3.63, 3.8) is 0 Å². The molecule has 1 aliphatic heterocycles. The summed E-state index contributed by atoms with van der Waals surface area (Å²) in [5, 5.41) is 3.42. The second-order valence-corrected chi connectivity index (χ2v) is 5.08. The molecule has 0 aliphatic carbocycles. The molecule has 100 valence electrons. The molecule has 5 heteroatoms. The van der Waals surface area contributed by atoms with Crippen LogP contribution < -0.4 is 10.1 Å². The molecule has 1 aromatic rings. The van der Waals surface area contributed by atoms with E-state index in [1.165, 1.54) is 0 Å². The Balaban J connectivity index is 1.77. The zero-order valence-corrected chi connectivity index (χ0v) is 12.2. The molecular formula is C13H19BrN2O2. The monoisotopic (exact) mass is 314 g/mol. The van der Waals surface area contributed by atoms with Crippen LogP contribution in [0, 0.1) is 0 Å². The van der Waals surface area contributed by atoms with Gasteiger partial charge in [0.15, 0.2) is 0 Å². The molecule has 1 aromatic carbocycles. The molecule has 18 heavy (non-hydrogen) atoms. The number of nitrogens with one attached hydrogen (secondary N) is 1. The van der Waals surface area contributed by atoms with Gasteiger partial charge in [-0.05, 0) is 34.1 Å². The number of benzene rings is 1. The summed E-state index contributed by atoms with van der Waals surface area (Å²) in [6.07, 6.45) is 0. The van der Waals surface area contributed by atoms with Crippen molar-refractivity contribution in [1.29, 1.82) is 0 Å². The van der Waals surface area contributed by atoms with E-state index in [1.807, 2.05) is 18.2 Å². The summed E-state index contributed by atoms with van der Waals surface area (Å²) in [6, 6.07) is 6.03. The van der Waals surface area contributed by atoms with Gasteiger partial charge in [0.2, 0.25) is 0 Å². The van der Waals surface area contributed by atoms with E-state index in [2.05, 4.69) is 26.1 Å². The average molecular weight is 315 g/mol. The fourth-order valence-electron chi connectivity index (χ4n) is 1.96. The van der Waals surface area contributed by atoms with Crippen LogP contribution >= 0.6 is 15.9 Å². The number of hydrogen-bond donors (Lipinski definition) is 1. The Kier molecular flexibility index (Phi) is 5.28. The van der Waals surface area contributed by atoms with Gasteiger partial charge < -0.3 is 14.8 Å². The number of morpholine rings is 1. The number of hydrogen-bond acceptors (Lipinski definition) is 4. The molecule has 1 N–H and O–H groups in total. The number of rotatable bonds is 5. The van der Waals surface area contributed by atoms with Crippen LogP contribution in [0.1, 0.15) is 0 Å². The van der Waals surface area contributed by atoms with Gasteiger partial charge in [0.1, 0.15) is 5.75 Å². The first-order chi connectivity index (χ1) is 8.79. The van der Waals surface area contributed by atoms with Gasteiger partial charge in [-0.15, -0.1) is 0 Å². The number of nitrogens with zero attached hydrogens (tertiary/aromatic N) is 1. The Labute approximate surface area is 116 Å². The first-order valence-electron chi connectivity index (χ1n) is 6.17. The predicted molar refractivity (Wildman–Crippen MR) is 76.4 cm³/mol. The summed E-state index contributed by atoms with van der Waals surface area (Å²) in [7, 11) is 1.67. The van der Waals surface area contributed by atoms with Crippen LogP contribution in [0.3, 0.4) is 0 Å². The first-order valence-corrected chi connectivity index (χ1v) is 6.96. The molecular weight excluding hydrogens is 296 g/mol. The van der Waals surface area contributed by atoms with E-state index in [0.29, 0.717) is 0 Å². The maximum absolute atomic E-state index is 5.32. The molecule has 2 rings (SSSR count). The fourth-order valence-corrected chi connectivity index (χ4v) is 2.50. The maximum atomic E-state index is 5.32. The minimum absolute atomic E-state index is 0.855. The minimum atomic E-state index is 0.855. The largest absolute Gasteiger partial charge is 0.496 e. The van der Waals surface area contributed by atoms with Crippen molar-refractivity contribution in [2.24, 2.45) is 0 Å². The van der Waals surface area contributed by atoms with Crippen molar-refractivity contribution in [3.05, 3.63) is 22.7 Å². The lowest BCUT2D eigenvalue weighted by Crippen LogP contribution is -2.38. The Bertz CT molecular complexity index is 381. The van der Waals surface area contributed by atoms with Crippen molar-refractivity contribution >= 4 is 21.6 Å². The quantitative estimate of drug-likeness (QED) is 0.903. The topological polar surface area (TPSA) is 33.7 Å². The molecule has 0 aromatic heterocycles. The SMILES string of the molecule is COc1ccc(NCCN2CCOCC2)cc1Br. The number of methoxy groups -OCH3 is 1. The van der Waals surface area contributed by atoms with Crippen molar-refractivity contribution < 1.29 is 9.47 Å². The highest BCUT2D eigenvalue weighted by molar-refractivity contribution is 9.10. The van der Waals surface area contributed by atoms with Crippen LogP contribution in [0.15, 0.2) is 22.7 Å². The van der Waals surface area contributed by atoms with E-state index in [1.54, 1.807) is 7.11 Å². The molecule has 0 bridgehead atoms. The number of anilines is 1. The lowest BCUT2D eigenvalue weighted by molar-refractivity contribution is 0.0398. The molecule has 0 saturated carbocycles. The van der Waals surface area contributed by atoms with Crippen molar-refractivity contribution in [1.82, 2.24) is 4.90 Å². The third kappa shape index (κ3) is 3.86. The summed E-state index contributed by atoms with van der Waals surface area (Å²) in [4.78, 5) is 2.41. The lowest BCUT2D eigenvalue weighted by atomic mass is 10.3. The van der Waals surface area contributed by atoms with E-state index < -0.39 is 0 Å². The van der Waals surface area contributed by atoms with E-state index >= 15 is 0 Å². The van der Waals surface area contributed by atoms with Gasteiger partial charge in [0.05, 0.1) is 24.8 Å². The highest BCUT2D eigenvalue weighted by Gasteiger charge is 2.09. The average Bonchev–Trinajstić information content (AvgIpc) is 2.40. The highest BCUT2D eigenvalue weighted by Crippen LogP contribution is 2.27. The van der Waals surface area contributed by atoms with E-state index in [0.717, 1.165) is 55.3 Å². The third-order valence-electron chi connectivity index (χ3n) is 3.01. The second kappa shape index (κ2) is 6.97. The molecule has 1 heterocycles. The Morgan fingerprint density at radius 3 is 2.83 bits per heavy atom. The third-order valence-corrected chi connectivity index (χ3v) is 3.63. The summed E-state index contributed by atoms with van der Waals surface area (Å²) in [6.45, 7) is 5.77. The van der Waals surface area contributed by atoms with Crippen LogP contribution in [0.5, 0.6) is 5.75 Å². The van der Waals surface area contributed by atoms with E-state index in [4.69, 9.17) is 9.47 Å². The Hall–Kier alpha value is -0.780. The van der Waals surface area contributed by atoms with Gasteiger partial charge in [-0.2, -0.15) is 0 Å². The fraction of sp³-hybridized carbons (Fsp3) is 0.538. The molecule has 0 atom stereocenters. The van der Waals surface area contributed by atoms with Crippen LogP contribution in [0.2, 0.25) is 0 Å². The first kappa shape index (κ1) is 13.6. The van der Waals surface area contributed by atoms with Crippen molar-refractivity contribution in [2.75, 3.05) is 51.8 Å². The maximum Gasteiger partial charge on any atom is 0.133 e. The second-order valence-electron chi connectivity index (χ2n) is 4.23. The van der Waals surface area contributed by atoms with Crippen LogP contribution in [-0.2, 0) is 4.74 Å². The van der Waals surface area contributed by atoms with Gasteiger partial charge in [-0.1, -0.05) is 0 Å². The smallest absolute Gasteiger partial charge is 0.133 e. The van der Waals surface area contributed by atoms with Crippen LogP contribution in [0.25, 0.3) is 0 Å². The molecule has 0 amide bonds. The molecule has 0 radical (unpaired) electrons. The summed E-state index contributed by atoms with van der Waals surface area (Å²) < 4.78 is 11.5. The molecule has 1 saturated heterocycles. The molecule has 4 nitrogen and oxygen atoms in total. The predicted octanol–water partition coefficient (Wildman–Crippen LogP) is 2.20. The van der Waals surface area contributed by atoms with Gasteiger partial charge in [-0.3, -0.25) is 4.90 Å². The van der Waals surface area contributed by atoms with Crippen LogP contribution in [0.4, 0.5) is 5.69 Å². The van der Waals surface area contributed by atoms with Gasteiger partial charge in [0.25, 0.3) is 0 Å². The van der Waals surface area contributed by atoms with Crippen molar-refractivity contribution in [2.45, 2.75) is 0 Å². The summed E-state index contributed by atoms with van der Waals surface area (Å²) in [5.74, 6) is 0.855. The zero-order chi connectivity index (χ0) is 12.8. The highest BCUT2D eigenvalue weighted by atomic mass is 79.9. The van der Waals surface area contributed by atoms with E-state index in [-0.39, 0.29) is 0 Å². The molecule has 0 unspecified atom stereocenters. The Morgan fingerprint density at radius 1 is 1.39 bits per heavy atom. The van der Waals surface area contributed by atoms with Gasteiger partial charge >= 0.3 is 0 Å². The van der Waals surface area contributed by atoms with Crippen LogP contribution in [-0.4, -0.2) is 51.4 Å². The summed E-state index contributed by atoms with van der Waals surface area (Å²) >= 11 is 3.48. The van der Waals surface area contributed by atoms with Gasteiger partial charge in [-0.25, -0.2) is 0 Å². The lowest BCUT2D eigenvalue weighted by Gasteiger charge is -2.26. The number of ether oxygens (including phenoxy) is 2. The zero-order valence-electron chi connectivity index (χ0n) is 10.6. The molecule has 0 spiro atoms. The van der Waals surface area contributed by atoms with Gasteiger partial charge in [0, 0.05) is 31.9 Å². The minimum Gasteiger partial charge on any atom is -0.496 e. The molecule has 1 aliphatic rings. The van der Waals surface area contributed by atoms with E-state index in [9.17, 15) is 0 Å². The normalized spacial score (nSPS) is 16.6.